The normalized spacial score (nSPS) is 23.7. The number of para-hydroxylation sites is 1. The van der Waals surface area contributed by atoms with Gasteiger partial charge in [0.1, 0.15) is 17.2 Å². The number of pyridine rings is 1. The summed E-state index contributed by atoms with van der Waals surface area (Å²) in [5.41, 5.74) is 0.560. The third-order valence-corrected chi connectivity index (χ3v) is 6.30. The molecule has 0 bridgehead atoms. The van der Waals surface area contributed by atoms with Crippen molar-refractivity contribution in [1.29, 1.82) is 0 Å². The van der Waals surface area contributed by atoms with E-state index in [0.717, 1.165) is 29.8 Å². The molecule has 2 fully saturated rings. The van der Waals surface area contributed by atoms with E-state index in [1.165, 1.54) is 6.07 Å². The van der Waals surface area contributed by atoms with Crippen molar-refractivity contribution in [3.63, 3.8) is 0 Å². The Bertz CT molecular complexity index is 1060. The number of amides is 1. The summed E-state index contributed by atoms with van der Waals surface area (Å²) in [6.45, 7) is 1.26. The van der Waals surface area contributed by atoms with Crippen LogP contribution in [0.1, 0.15) is 29.0 Å². The molecule has 3 heterocycles. The number of carbonyl (C=O) groups excluding carboxylic acids is 1. The lowest BCUT2D eigenvalue weighted by atomic mass is 9.98. The van der Waals surface area contributed by atoms with Crippen molar-refractivity contribution in [3.8, 4) is 0 Å². The lowest BCUT2D eigenvalue weighted by Crippen LogP contribution is -2.40. The monoisotopic (exact) mass is 414 g/mol. The quantitative estimate of drug-likeness (QED) is 0.675. The average Bonchev–Trinajstić information content (AvgIpc) is 3.42. The van der Waals surface area contributed by atoms with Crippen LogP contribution in [0.25, 0.3) is 10.9 Å². The Labute approximate surface area is 171 Å². The molecule has 2 N–H and O–H groups in total. The molecule has 30 heavy (non-hydrogen) atoms. The van der Waals surface area contributed by atoms with E-state index in [1.807, 2.05) is 35.2 Å². The second-order valence-electron chi connectivity index (χ2n) is 8.14. The summed E-state index contributed by atoms with van der Waals surface area (Å²) < 4.78 is 39.0. The number of rotatable bonds is 3. The zero-order valence-electron chi connectivity index (χ0n) is 16.1. The zero-order valence-corrected chi connectivity index (χ0v) is 16.1. The van der Waals surface area contributed by atoms with Gasteiger partial charge in [-0.15, -0.1) is 0 Å². The predicted octanol–water partition coefficient (Wildman–Crippen LogP) is 4.23. The molecule has 1 aliphatic carbocycles. The van der Waals surface area contributed by atoms with E-state index in [9.17, 15) is 18.0 Å². The van der Waals surface area contributed by atoms with Crippen molar-refractivity contribution in [2.45, 2.75) is 25.1 Å². The van der Waals surface area contributed by atoms with Crippen LogP contribution in [0, 0.1) is 11.8 Å². The number of carbonyl (C=O) groups is 1. The third-order valence-electron chi connectivity index (χ3n) is 6.30. The summed E-state index contributed by atoms with van der Waals surface area (Å²) in [7, 11) is 0. The van der Waals surface area contributed by atoms with Crippen molar-refractivity contribution in [3.05, 3.63) is 59.9 Å². The fraction of sp³-hybridized carbons (Fsp3) is 0.364. The Balaban J connectivity index is 1.29. The van der Waals surface area contributed by atoms with Crippen LogP contribution in [0.5, 0.6) is 0 Å². The number of halogens is 3. The standard InChI is InChI=1S/C22H21F3N4O/c23-22(24,25)19-6-3-7-20(28-19)29-11-14-8-9-17(15(14)12-29)27-21(30)18-10-13-4-1-2-5-16(13)26-18/h1-7,10,14-15,17,26H,8-9,11-12H2,(H,27,30). The van der Waals surface area contributed by atoms with Crippen LogP contribution in [-0.2, 0) is 6.18 Å². The van der Waals surface area contributed by atoms with E-state index in [1.54, 1.807) is 6.07 Å². The number of nitrogens with zero attached hydrogens (tertiary/aromatic N) is 2. The van der Waals surface area contributed by atoms with Gasteiger partial charge < -0.3 is 15.2 Å². The van der Waals surface area contributed by atoms with Gasteiger partial charge in [-0.1, -0.05) is 24.3 Å². The van der Waals surface area contributed by atoms with E-state index in [2.05, 4.69) is 15.3 Å². The topological polar surface area (TPSA) is 61.0 Å². The molecule has 1 aromatic carbocycles. The summed E-state index contributed by atoms with van der Waals surface area (Å²) in [5.74, 6) is 0.747. The second kappa shape index (κ2) is 7.04. The van der Waals surface area contributed by atoms with E-state index >= 15 is 0 Å². The van der Waals surface area contributed by atoms with Gasteiger partial charge >= 0.3 is 6.18 Å². The Morgan fingerprint density at radius 3 is 2.73 bits per heavy atom. The number of anilines is 1. The summed E-state index contributed by atoms with van der Waals surface area (Å²) >= 11 is 0. The molecule has 3 unspecified atom stereocenters. The second-order valence-corrected chi connectivity index (χ2v) is 8.14. The van der Waals surface area contributed by atoms with Gasteiger partial charge in [0.15, 0.2) is 0 Å². The molecule has 2 aromatic heterocycles. The number of H-pyrrole nitrogens is 1. The molecule has 3 aromatic rings. The highest BCUT2D eigenvalue weighted by molar-refractivity contribution is 5.98. The molecule has 156 valence electrons. The predicted molar refractivity (Wildman–Crippen MR) is 107 cm³/mol. The molecule has 8 heteroatoms. The number of fused-ring (bicyclic) bond motifs is 2. The number of hydrogen-bond donors (Lipinski definition) is 2. The molecule has 5 nitrogen and oxygen atoms in total. The van der Waals surface area contributed by atoms with Gasteiger partial charge in [0, 0.05) is 36.0 Å². The summed E-state index contributed by atoms with van der Waals surface area (Å²) in [6.07, 6.45) is -2.63. The van der Waals surface area contributed by atoms with Gasteiger partial charge in [-0.05, 0) is 43.0 Å². The van der Waals surface area contributed by atoms with Gasteiger partial charge in [-0.25, -0.2) is 4.98 Å². The van der Waals surface area contributed by atoms with Crippen LogP contribution in [0.15, 0.2) is 48.5 Å². The van der Waals surface area contributed by atoms with Gasteiger partial charge in [0.05, 0.1) is 0 Å². The highest BCUT2D eigenvalue weighted by Gasteiger charge is 2.44. The number of aromatic amines is 1. The van der Waals surface area contributed by atoms with Crippen LogP contribution >= 0.6 is 0 Å². The average molecular weight is 414 g/mol. The van der Waals surface area contributed by atoms with Crippen molar-refractivity contribution < 1.29 is 18.0 Å². The Hall–Kier alpha value is -3.03. The Morgan fingerprint density at radius 1 is 1.10 bits per heavy atom. The number of nitrogens with one attached hydrogen (secondary N) is 2. The van der Waals surface area contributed by atoms with E-state index < -0.39 is 11.9 Å². The molecule has 1 aliphatic heterocycles. The maximum absolute atomic E-state index is 13.0. The largest absolute Gasteiger partial charge is 0.433 e. The van der Waals surface area contributed by atoms with Crippen molar-refractivity contribution >= 4 is 22.6 Å². The van der Waals surface area contributed by atoms with Crippen LogP contribution in [0.4, 0.5) is 19.0 Å². The van der Waals surface area contributed by atoms with Crippen LogP contribution < -0.4 is 10.2 Å². The maximum Gasteiger partial charge on any atom is 0.433 e. The minimum atomic E-state index is -4.46. The minimum Gasteiger partial charge on any atom is -0.356 e. The van der Waals surface area contributed by atoms with Gasteiger partial charge in [0.2, 0.25) is 0 Å². The lowest BCUT2D eigenvalue weighted by molar-refractivity contribution is -0.141. The SMILES string of the molecule is O=C(NC1CCC2CN(c3cccc(C(F)(F)F)n3)CC21)c1cc2ccccc2[nH]1. The zero-order chi connectivity index (χ0) is 20.9. The van der Waals surface area contributed by atoms with Gasteiger partial charge in [-0.2, -0.15) is 13.2 Å². The Kier molecular flexibility index (Phi) is 4.45. The summed E-state index contributed by atoms with van der Waals surface area (Å²) in [4.78, 5) is 21.6. The molecule has 2 aliphatic rings. The van der Waals surface area contributed by atoms with E-state index in [0.29, 0.717) is 30.5 Å². The van der Waals surface area contributed by atoms with Gasteiger partial charge in [0.25, 0.3) is 5.91 Å². The highest BCUT2D eigenvalue weighted by atomic mass is 19.4. The van der Waals surface area contributed by atoms with Crippen molar-refractivity contribution in [2.75, 3.05) is 18.0 Å². The number of benzene rings is 1. The summed E-state index contributed by atoms with van der Waals surface area (Å²) in [5, 5.41) is 4.12. The van der Waals surface area contributed by atoms with Crippen LogP contribution in [0.3, 0.4) is 0 Å². The Morgan fingerprint density at radius 2 is 1.93 bits per heavy atom. The van der Waals surface area contributed by atoms with Crippen molar-refractivity contribution in [2.24, 2.45) is 11.8 Å². The molecule has 1 saturated carbocycles. The first-order chi connectivity index (χ1) is 14.4. The first kappa shape index (κ1) is 19.0. The molecule has 0 radical (unpaired) electrons. The first-order valence-electron chi connectivity index (χ1n) is 10.1. The third kappa shape index (κ3) is 3.40. The molecule has 1 amide bonds. The fourth-order valence-corrected chi connectivity index (χ4v) is 4.83. The van der Waals surface area contributed by atoms with Crippen LogP contribution in [-0.4, -0.2) is 35.0 Å². The number of hydrogen-bond acceptors (Lipinski definition) is 3. The van der Waals surface area contributed by atoms with E-state index in [4.69, 9.17) is 0 Å². The number of alkyl halides is 3. The lowest BCUT2D eigenvalue weighted by Gasteiger charge is -2.22. The molecule has 1 saturated heterocycles. The number of aromatic nitrogens is 2. The molecular weight excluding hydrogens is 393 g/mol. The first-order valence-corrected chi connectivity index (χ1v) is 10.1. The molecular formula is C22H21F3N4O. The highest BCUT2D eigenvalue weighted by Crippen LogP contribution is 2.40. The minimum absolute atomic E-state index is 0.00436. The van der Waals surface area contributed by atoms with Gasteiger partial charge in [-0.3, -0.25) is 4.79 Å². The van der Waals surface area contributed by atoms with Crippen LogP contribution in [0.2, 0.25) is 0 Å². The smallest absolute Gasteiger partial charge is 0.356 e. The summed E-state index contributed by atoms with van der Waals surface area (Å²) in [6, 6.07) is 13.6. The molecule has 5 rings (SSSR count). The van der Waals surface area contributed by atoms with Crippen molar-refractivity contribution in [1.82, 2.24) is 15.3 Å². The van der Waals surface area contributed by atoms with E-state index in [-0.39, 0.29) is 17.9 Å². The molecule has 0 spiro atoms. The fourth-order valence-electron chi connectivity index (χ4n) is 4.83. The maximum atomic E-state index is 13.0. The molecule has 3 atom stereocenters.